The monoisotopic (exact) mass is 456 g/mol. The fraction of sp³-hybridized carbons (Fsp3) is 0.316. The van der Waals surface area contributed by atoms with Gasteiger partial charge in [0.1, 0.15) is 0 Å². The molecule has 0 atom stereocenters. The molecule has 0 aromatic heterocycles. The molecule has 0 saturated carbocycles. The van der Waals surface area contributed by atoms with E-state index in [1.165, 1.54) is 40.7 Å². The van der Waals surface area contributed by atoms with Gasteiger partial charge in [0.25, 0.3) is 0 Å². The summed E-state index contributed by atoms with van der Waals surface area (Å²) in [6.07, 6.45) is 1.41. The van der Waals surface area contributed by atoms with E-state index < -0.39 is 25.8 Å². The van der Waals surface area contributed by atoms with E-state index in [1.54, 1.807) is 12.1 Å². The molecular weight excluding hydrogens is 436 g/mol. The molecule has 1 N–H and O–H groups in total. The number of nitrogens with zero attached hydrogens (tertiary/aromatic N) is 1. The van der Waals surface area contributed by atoms with Gasteiger partial charge in [-0.3, -0.25) is 4.79 Å². The van der Waals surface area contributed by atoms with Gasteiger partial charge >= 0.3 is 0 Å². The molecule has 2 aromatic carbocycles. The average Bonchev–Trinajstić information content (AvgIpc) is 3.23. The Morgan fingerprint density at radius 2 is 1.62 bits per heavy atom. The van der Waals surface area contributed by atoms with Gasteiger partial charge in [0.05, 0.1) is 15.5 Å². The normalized spacial score (nSPS) is 15.3. The number of carbonyl (C=O) groups excluding carboxylic acids is 1. The second-order valence-electron chi connectivity index (χ2n) is 6.71. The summed E-state index contributed by atoms with van der Waals surface area (Å²) in [4.78, 5) is 12.4. The van der Waals surface area contributed by atoms with Gasteiger partial charge in [-0.2, -0.15) is 4.31 Å². The van der Waals surface area contributed by atoms with Gasteiger partial charge in [0, 0.05) is 30.2 Å². The van der Waals surface area contributed by atoms with E-state index in [1.807, 2.05) is 0 Å². The predicted octanol–water partition coefficient (Wildman–Crippen LogP) is 2.93. The molecule has 1 fully saturated rings. The lowest BCUT2D eigenvalue weighted by atomic mass is 10.3. The SMILES string of the molecule is O=C(CCS(=O)(=O)c1ccc(Cl)cc1)Nc1cccc(S(=O)(=O)N2CCCC2)c1. The van der Waals surface area contributed by atoms with E-state index in [0.29, 0.717) is 23.8 Å². The maximum Gasteiger partial charge on any atom is 0.243 e. The lowest BCUT2D eigenvalue weighted by molar-refractivity contribution is -0.115. The van der Waals surface area contributed by atoms with Crippen molar-refractivity contribution in [2.75, 3.05) is 24.2 Å². The summed E-state index contributed by atoms with van der Waals surface area (Å²) in [6.45, 7) is 0.975. The first-order valence-electron chi connectivity index (χ1n) is 9.07. The van der Waals surface area contributed by atoms with Gasteiger partial charge in [-0.1, -0.05) is 17.7 Å². The Kier molecular flexibility index (Phi) is 6.62. The van der Waals surface area contributed by atoms with Crippen LogP contribution in [-0.2, 0) is 24.7 Å². The van der Waals surface area contributed by atoms with Crippen LogP contribution < -0.4 is 5.32 Å². The van der Waals surface area contributed by atoms with E-state index in [4.69, 9.17) is 11.6 Å². The first-order valence-corrected chi connectivity index (χ1v) is 12.5. The highest BCUT2D eigenvalue weighted by Gasteiger charge is 2.27. The summed E-state index contributed by atoms with van der Waals surface area (Å²) in [5, 5.41) is 2.99. The Bertz CT molecular complexity index is 1090. The van der Waals surface area contributed by atoms with Crippen LogP contribution in [-0.4, -0.2) is 45.9 Å². The van der Waals surface area contributed by atoms with Gasteiger partial charge < -0.3 is 5.32 Å². The van der Waals surface area contributed by atoms with Crippen LogP contribution in [0.2, 0.25) is 5.02 Å². The van der Waals surface area contributed by atoms with Crippen molar-refractivity contribution in [3.63, 3.8) is 0 Å². The Morgan fingerprint density at radius 1 is 0.966 bits per heavy atom. The van der Waals surface area contributed by atoms with Crippen LogP contribution in [0.4, 0.5) is 5.69 Å². The van der Waals surface area contributed by atoms with Crippen LogP contribution >= 0.6 is 11.6 Å². The minimum absolute atomic E-state index is 0.0911. The highest BCUT2D eigenvalue weighted by Crippen LogP contribution is 2.23. The lowest BCUT2D eigenvalue weighted by Gasteiger charge is -2.16. The minimum Gasteiger partial charge on any atom is -0.326 e. The van der Waals surface area contributed by atoms with Gasteiger partial charge in [0.15, 0.2) is 9.84 Å². The van der Waals surface area contributed by atoms with Crippen LogP contribution in [0, 0.1) is 0 Å². The van der Waals surface area contributed by atoms with Gasteiger partial charge in [-0.25, -0.2) is 16.8 Å². The number of nitrogens with one attached hydrogen (secondary N) is 1. The van der Waals surface area contributed by atoms with Crippen LogP contribution in [0.3, 0.4) is 0 Å². The van der Waals surface area contributed by atoms with E-state index in [-0.39, 0.29) is 22.0 Å². The molecule has 3 rings (SSSR count). The van der Waals surface area contributed by atoms with Crippen molar-refractivity contribution in [2.45, 2.75) is 29.1 Å². The number of benzene rings is 2. The van der Waals surface area contributed by atoms with Gasteiger partial charge in [-0.15, -0.1) is 0 Å². The molecule has 29 heavy (non-hydrogen) atoms. The molecule has 0 aliphatic carbocycles. The zero-order valence-electron chi connectivity index (χ0n) is 15.5. The number of amides is 1. The Hall–Kier alpha value is -1.94. The fourth-order valence-electron chi connectivity index (χ4n) is 3.02. The smallest absolute Gasteiger partial charge is 0.243 e. The molecule has 0 spiro atoms. The van der Waals surface area contributed by atoms with Gasteiger partial charge in [-0.05, 0) is 55.3 Å². The quantitative estimate of drug-likeness (QED) is 0.690. The second-order valence-corrected chi connectivity index (χ2v) is 11.2. The molecule has 10 heteroatoms. The first-order chi connectivity index (χ1) is 13.7. The number of hydrogen-bond donors (Lipinski definition) is 1. The third kappa shape index (κ3) is 5.36. The highest BCUT2D eigenvalue weighted by molar-refractivity contribution is 7.91. The average molecular weight is 457 g/mol. The Labute approximate surface area is 175 Å². The van der Waals surface area contributed by atoms with Crippen molar-refractivity contribution in [3.05, 3.63) is 53.6 Å². The predicted molar refractivity (Wildman–Crippen MR) is 111 cm³/mol. The summed E-state index contributed by atoms with van der Waals surface area (Å²) in [5.41, 5.74) is 0.305. The third-order valence-corrected chi connectivity index (χ3v) is 8.47. The van der Waals surface area contributed by atoms with Crippen LogP contribution in [0.25, 0.3) is 0 Å². The summed E-state index contributed by atoms with van der Waals surface area (Å²) in [7, 11) is -7.23. The molecule has 1 aliphatic rings. The first kappa shape index (κ1) is 21.8. The van der Waals surface area contributed by atoms with Crippen LogP contribution in [0.1, 0.15) is 19.3 Å². The molecule has 0 bridgehead atoms. The molecule has 1 heterocycles. The fourth-order valence-corrected chi connectivity index (χ4v) is 5.95. The summed E-state index contributed by atoms with van der Waals surface area (Å²) >= 11 is 5.76. The maximum atomic E-state index is 12.6. The zero-order valence-corrected chi connectivity index (χ0v) is 17.9. The molecule has 2 aromatic rings. The number of sulfone groups is 1. The van der Waals surface area contributed by atoms with E-state index in [9.17, 15) is 21.6 Å². The molecular formula is C19H21ClN2O5S2. The van der Waals surface area contributed by atoms with E-state index in [2.05, 4.69) is 5.32 Å². The number of sulfonamides is 1. The third-order valence-electron chi connectivity index (χ3n) is 4.59. The molecule has 1 aliphatic heterocycles. The maximum absolute atomic E-state index is 12.6. The molecule has 156 valence electrons. The van der Waals surface area contributed by atoms with Crippen LogP contribution in [0.5, 0.6) is 0 Å². The largest absolute Gasteiger partial charge is 0.326 e. The van der Waals surface area contributed by atoms with E-state index >= 15 is 0 Å². The van der Waals surface area contributed by atoms with Crippen molar-refractivity contribution in [1.82, 2.24) is 4.31 Å². The number of halogens is 1. The van der Waals surface area contributed by atoms with Gasteiger partial charge in [0.2, 0.25) is 15.9 Å². The van der Waals surface area contributed by atoms with Crippen molar-refractivity contribution in [2.24, 2.45) is 0 Å². The zero-order chi connectivity index (χ0) is 21.1. The summed E-state index contributed by atoms with van der Waals surface area (Å²) in [6, 6.07) is 11.7. The van der Waals surface area contributed by atoms with Crippen molar-refractivity contribution in [3.8, 4) is 0 Å². The minimum atomic E-state index is -3.63. The van der Waals surface area contributed by atoms with Crippen molar-refractivity contribution in [1.29, 1.82) is 0 Å². The molecule has 0 unspecified atom stereocenters. The van der Waals surface area contributed by atoms with E-state index in [0.717, 1.165) is 12.8 Å². The van der Waals surface area contributed by atoms with Crippen LogP contribution in [0.15, 0.2) is 58.3 Å². The van der Waals surface area contributed by atoms with Crippen molar-refractivity contribution < 1.29 is 21.6 Å². The van der Waals surface area contributed by atoms with Crippen molar-refractivity contribution >= 4 is 43.1 Å². The second kappa shape index (κ2) is 8.83. The molecule has 1 saturated heterocycles. The number of anilines is 1. The topological polar surface area (TPSA) is 101 Å². The highest BCUT2D eigenvalue weighted by atomic mass is 35.5. The lowest BCUT2D eigenvalue weighted by Crippen LogP contribution is -2.28. The Balaban J connectivity index is 1.64. The molecule has 1 amide bonds. The number of carbonyl (C=O) groups is 1. The number of hydrogen-bond acceptors (Lipinski definition) is 5. The standard InChI is InChI=1S/C19H21ClN2O5S2/c20-15-6-8-17(9-7-15)28(24,25)13-10-19(23)21-16-4-3-5-18(14-16)29(26,27)22-11-1-2-12-22/h3-9,14H,1-2,10-13H2,(H,21,23). The molecule has 7 nitrogen and oxygen atoms in total. The molecule has 0 radical (unpaired) electrons. The number of rotatable bonds is 7. The Morgan fingerprint density at radius 3 is 2.28 bits per heavy atom. The summed E-state index contributed by atoms with van der Waals surface area (Å²) < 4.78 is 51.3. The summed E-state index contributed by atoms with van der Waals surface area (Å²) in [5.74, 6) is -0.884.